The zero-order chi connectivity index (χ0) is 14.5. The van der Waals surface area contributed by atoms with Gasteiger partial charge in [-0.15, -0.1) is 12.4 Å². The molecule has 20 heavy (non-hydrogen) atoms. The SMILES string of the molecule is CC1C(C)S(=O)(=O)CCN1C(=O)CCCCCCN.Cl. The molecule has 1 fully saturated rings. The first-order valence-electron chi connectivity index (χ1n) is 7.11. The third-order valence-electron chi connectivity index (χ3n) is 4.02. The van der Waals surface area contributed by atoms with E-state index in [9.17, 15) is 13.2 Å². The summed E-state index contributed by atoms with van der Waals surface area (Å²) in [5.41, 5.74) is 5.41. The van der Waals surface area contributed by atoms with Crippen molar-refractivity contribution in [3.8, 4) is 0 Å². The van der Waals surface area contributed by atoms with Crippen molar-refractivity contribution in [3.63, 3.8) is 0 Å². The minimum absolute atomic E-state index is 0. The van der Waals surface area contributed by atoms with Gasteiger partial charge < -0.3 is 10.6 Å². The van der Waals surface area contributed by atoms with Crippen molar-refractivity contribution in [3.05, 3.63) is 0 Å². The van der Waals surface area contributed by atoms with E-state index in [2.05, 4.69) is 0 Å². The molecular formula is C13H27ClN2O3S. The number of nitrogens with zero attached hydrogens (tertiary/aromatic N) is 1. The number of amides is 1. The van der Waals surface area contributed by atoms with E-state index < -0.39 is 15.1 Å². The minimum Gasteiger partial charge on any atom is -0.338 e. The number of halogens is 1. The Morgan fingerprint density at radius 1 is 1.20 bits per heavy atom. The molecule has 1 heterocycles. The molecule has 2 atom stereocenters. The van der Waals surface area contributed by atoms with E-state index in [1.54, 1.807) is 11.8 Å². The molecule has 7 heteroatoms. The lowest BCUT2D eigenvalue weighted by molar-refractivity contribution is -0.133. The predicted octanol–water partition coefficient (Wildman–Crippen LogP) is 1.35. The van der Waals surface area contributed by atoms with Crippen molar-refractivity contribution < 1.29 is 13.2 Å². The number of nitrogens with two attached hydrogens (primary N) is 1. The molecule has 5 nitrogen and oxygen atoms in total. The maximum absolute atomic E-state index is 12.1. The molecule has 120 valence electrons. The van der Waals surface area contributed by atoms with Crippen LogP contribution in [0.4, 0.5) is 0 Å². The predicted molar refractivity (Wildman–Crippen MR) is 83.8 cm³/mol. The van der Waals surface area contributed by atoms with Gasteiger partial charge in [0.25, 0.3) is 0 Å². The number of unbranched alkanes of at least 4 members (excludes halogenated alkanes) is 3. The summed E-state index contributed by atoms with van der Waals surface area (Å²) >= 11 is 0. The number of carbonyl (C=O) groups is 1. The van der Waals surface area contributed by atoms with Crippen LogP contribution in [0, 0.1) is 0 Å². The number of carbonyl (C=O) groups excluding carboxylic acids is 1. The summed E-state index contributed by atoms with van der Waals surface area (Å²) in [7, 11) is -3.02. The molecule has 1 saturated heterocycles. The van der Waals surface area contributed by atoms with E-state index in [0.29, 0.717) is 19.5 Å². The zero-order valence-electron chi connectivity index (χ0n) is 12.4. The molecule has 1 aliphatic rings. The van der Waals surface area contributed by atoms with Crippen LogP contribution >= 0.6 is 12.4 Å². The number of hydrogen-bond acceptors (Lipinski definition) is 4. The summed E-state index contributed by atoms with van der Waals surface area (Å²) in [6.07, 6.45) is 4.46. The fourth-order valence-corrected chi connectivity index (χ4v) is 4.01. The van der Waals surface area contributed by atoms with Crippen LogP contribution < -0.4 is 5.73 Å². The molecule has 0 spiro atoms. The monoisotopic (exact) mass is 326 g/mol. The summed E-state index contributed by atoms with van der Waals surface area (Å²) in [5, 5.41) is -0.456. The van der Waals surface area contributed by atoms with Gasteiger partial charge in [-0.25, -0.2) is 8.42 Å². The second-order valence-electron chi connectivity index (χ2n) is 5.35. The van der Waals surface area contributed by atoms with Crippen LogP contribution in [0.25, 0.3) is 0 Å². The second kappa shape index (κ2) is 8.85. The quantitative estimate of drug-likeness (QED) is 0.747. The molecule has 1 aliphatic heterocycles. The molecule has 0 radical (unpaired) electrons. The van der Waals surface area contributed by atoms with E-state index in [1.165, 1.54) is 0 Å². The Hall–Kier alpha value is -0.330. The van der Waals surface area contributed by atoms with Gasteiger partial charge in [0, 0.05) is 19.0 Å². The van der Waals surface area contributed by atoms with Crippen molar-refractivity contribution in [2.75, 3.05) is 18.8 Å². The highest BCUT2D eigenvalue weighted by Gasteiger charge is 2.37. The van der Waals surface area contributed by atoms with Gasteiger partial charge in [0.05, 0.1) is 11.0 Å². The standard InChI is InChI=1S/C13H26N2O3S.ClH/c1-11-12(2)19(17,18)10-9-15(11)13(16)7-5-3-4-6-8-14;/h11-12H,3-10,14H2,1-2H3;1H. The molecule has 0 aromatic rings. The Labute approximate surface area is 128 Å². The highest BCUT2D eigenvalue weighted by atomic mass is 35.5. The van der Waals surface area contributed by atoms with Crippen LogP contribution in [0.3, 0.4) is 0 Å². The Morgan fingerprint density at radius 2 is 1.80 bits per heavy atom. The van der Waals surface area contributed by atoms with Gasteiger partial charge >= 0.3 is 0 Å². The van der Waals surface area contributed by atoms with Crippen LogP contribution in [0.2, 0.25) is 0 Å². The van der Waals surface area contributed by atoms with Crippen molar-refractivity contribution >= 4 is 28.2 Å². The van der Waals surface area contributed by atoms with E-state index in [-0.39, 0.29) is 30.1 Å². The van der Waals surface area contributed by atoms with Crippen LogP contribution in [-0.2, 0) is 14.6 Å². The normalized spacial score (nSPS) is 25.1. The minimum atomic E-state index is -3.02. The van der Waals surface area contributed by atoms with Gasteiger partial charge in [0.2, 0.25) is 5.91 Å². The highest BCUT2D eigenvalue weighted by Crippen LogP contribution is 2.20. The van der Waals surface area contributed by atoms with Crippen molar-refractivity contribution in [1.82, 2.24) is 4.90 Å². The third kappa shape index (κ3) is 5.22. The smallest absolute Gasteiger partial charge is 0.222 e. The van der Waals surface area contributed by atoms with E-state index in [4.69, 9.17) is 5.73 Å². The first-order chi connectivity index (χ1) is 8.90. The Balaban J connectivity index is 0.00000361. The Morgan fingerprint density at radius 3 is 2.40 bits per heavy atom. The summed E-state index contributed by atoms with van der Waals surface area (Å²) in [6, 6.07) is -0.213. The molecule has 2 N–H and O–H groups in total. The summed E-state index contributed by atoms with van der Waals surface area (Å²) < 4.78 is 23.5. The first-order valence-corrected chi connectivity index (χ1v) is 8.83. The van der Waals surface area contributed by atoms with E-state index in [1.807, 2.05) is 6.92 Å². The van der Waals surface area contributed by atoms with E-state index in [0.717, 1.165) is 25.7 Å². The molecule has 0 saturated carbocycles. The maximum Gasteiger partial charge on any atom is 0.222 e. The summed E-state index contributed by atoms with van der Waals surface area (Å²) in [5.74, 6) is 0.180. The number of hydrogen-bond donors (Lipinski definition) is 1. The van der Waals surface area contributed by atoms with Gasteiger partial charge in [0.1, 0.15) is 0 Å². The van der Waals surface area contributed by atoms with Gasteiger partial charge in [-0.3, -0.25) is 4.79 Å². The average molecular weight is 327 g/mol. The fraction of sp³-hybridized carbons (Fsp3) is 0.923. The largest absolute Gasteiger partial charge is 0.338 e. The summed E-state index contributed by atoms with van der Waals surface area (Å²) in [6.45, 7) is 4.57. The molecule has 1 rings (SSSR count). The lowest BCUT2D eigenvalue weighted by Crippen LogP contribution is -2.54. The molecular weight excluding hydrogens is 300 g/mol. The molecule has 0 bridgehead atoms. The van der Waals surface area contributed by atoms with Crippen molar-refractivity contribution in [1.29, 1.82) is 0 Å². The number of sulfone groups is 1. The van der Waals surface area contributed by atoms with Crippen molar-refractivity contribution in [2.24, 2.45) is 5.73 Å². The summed E-state index contributed by atoms with van der Waals surface area (Å²) in [4.78, 5) is 13.8. The molecule has 0 aromatic carbocycles. The van der Waals surface area contributed by atoms with Gasteiger partial charge in [0.15, 0.2) is 9.84 Å². The average Bonchev–Trinajstić information content (AvgIpc) is 2.36. The van der Waals surface area contributed by atoms with Crippen LogP contribution in [0.5, 0.6) is 0 Å². The number of rotatable bonds is 6. The lowest BCUT2D eigenvalue weighted by Gasteiger charge is -2.37. The molecule has 0 aliphatic carbocycles. The van der Waals surface area contributed by atoms with Crippen LogP contribution in [0.15, 0.2) is 0 Å². The van der Waals surface area contributed by atoms with Crippen LogP contribution in [-0.4, -0.2) is 49.4 Å². The van der Waals surface area contributed by atoms with Gasteiger partial charge in [-0.1, -0.05) is 12.8 Å². The van der Waals surface area contributed by atoms with Crippen molar-refractivity contribution in [2.45, 2.75) is 57.2 Å². The van der Waals surface area contributed by atoms with Gasteiger partial charge in [-0.05, 0) is 33.2 Å². The first kappa shape index (κ1) is 19.7. The van der Waals surface area contributed by atoms with Crippen LogP contribution in [0.1, 0.15) is 46.0 Å². The highest BCUT2D eigenvalue weighted by molar-refractivity contribution is 7.92. The molecule has 0 aromatic heterocycles. The fourth-order valence-electron chi connectivity index (χ4n) is 2.44. The Bertz CT molecular complexity index is 400. The second-order valence-corrected chi connectivity index (χ2v) is 7.83. The lowest BCUT2D eigenvalue weighted by atomic mass is 10.1. The van der Waals surface area contributed by atoms with Gasteiger partial charge in [-0.2, -0.15) is 0 Å². The zero-order valence-corrected chi connectivity index (χ0v) is 14.0. The topological polar surface area (TPSA) is 80.5 Å². The van der Waals surface area contributed by atoms with E-state index >= 15 is 0 Å². The third-order valence-corrected chi connectivity index (χ3v) is 6.30. The molecule has 2 unspecified atom stereocenters. The maximum atomic E-state index is 12.1. The molecule has 1 amide bonds. The Kier molecular flexibility index (Phi) is 8.70.